The second-order valence-electron chi connectivity index (χ2n) is 12.6. The molecule has 0 amide bonds. The molecule has 1 N–H and O–H groups in total. The van der Waals surface area contributed by atoms with Crippen LogP contribution in [0.1, 0.15) is 87.0 Å². The van der Waals surface area contributed by atoms with Crippen LogP contribution in [0.25, 0.3) is 0 Å². The van der Waals surface area contributed by atoms with Crippen molar-refractivity contribution in [2.24, 2.45) is 28.6 Å². The fraction of sp³-hybridized carbons (Fsp3) is 0.786. The number of ketones is 2. The quantitative estimate of drug-likeness (QED) is 0.653. The first-order valence-corrected chi connectivity index (χ1v) is 12.8. The van der Waals surface area contributed by atoms with E-state index in [1.54, 1.807) is 13.0 Å². The Hall–Kier alpha value is -1.30. The van der Waals surface area contributed by atoms with Crippen LogP contribution < -0.4 is 0 Å². The Morgan fingerprint density at radius 1 is 1.09 bits per heavy atom. The van der Waals surface area contributed by atoms with Gasteiger partial charge in [-0.25, -0.2) is 0 Å². The summed E-state index contributed by atoms with van der Waals surface area (Å²) in [5, 5.41) is 11.5. The van der Waals surface area contributed by atoms with E-state index in [0.717, 1.165) is 36.8 Å². The molecule has 5 rings (SSSR count). The zero-order valence-electron chi connectivity index (χ0n) is 21.3. The predicted octanol–water partition coefficient (Wildman–Crippen LogP) is 4.91. The smallest absolute Gasteiger partial charge is 0.199 e. The monoisotopic (exact) mass is 456 g/mol. The number of carbonyl (C=O) groups excluding carboxylic acids is 2. The summed E-state index contributed by atoms with van der Waals surface area (Å²) >= 11 is 0. The van der Waals surface area contributed by atoms with Crippen LogP contribution >= 0.6 is 0 Å². The number of hydrogen-bond donors (Lipinski definition) is 1. The molecule has 0 aromatic heterocycles. The van der Waals surface area contributed by atoms with Crippen molar-refractivity contribution in [3.05, 3.63) is 23.3 Å². The molecule has 2 heterocycles. The molecule has 3 fully saturated rings. The standard InChI is InChI=1S/C28H40O5/c1-16(29)10-13-25(6)20-11-14-26(7)19-12-15-27(26,21(20)8-9-22(25)30)33-28(17(19)2)23(31)18(3)24(4,5)32-28/h8-9,17-19,23,31H,10-15H2,1-7H3. The van der Waals surface area contributed by atoms with E-state index in [4.69, 9.17) is 9.47 Å². The third-order valence-electron chi connectivity index (χ3n) is 10.8. The van der Waals surface area contributed by atoms with Crippen molar-refractivity contribution in [2.75, 3.05) is 0 Å². The summed E-state index contributed by atoms with van der Waals surface area (Å²) in [5.74, 6) is -0.474. The highest BCUT2D eigenvalue weighted by molar-refractivity contribution is 5.99. The predicted molar refractivity (Wildman–Crippen MR) is 125 cm³/mol. The van der Waals surface area contributed by atoms with Crippen LogP contribution in [-0.2, 0) is 19.1 Å². The van der Waals surface area contributed by atoms with Crippen molar-refractivity contribution in [1.29, 1.82) is 0 Å². The maximum absolute atomic E-state index is 13.2. The van der Waals surface area contributed by atoms with Crippen LogP contribution in [0.5, 0.6) is 0 Å². The normalized spacial score (nSPS) is 50.0. The van der Waals surface area contributed by atoms with Gasteiger partial charge in [0.25, 0.3) is 0 Å². The van der Waals surface area contributed by atoms with Gasteiger partial charge in [-0.05, 0) is 77.4 Å². The minimum Gasteiger partial charge on any atom is -0.387 e. The summed E-state index contributed by atoms with van der Waals surface area (Å²) in [6.45, 7) is 14.3. The minimum absolute atomic E-state index is 0.0542. The van der Waals surface area contributed by atoms with E-state index in [9.17, 15) is 14.7 Å². The molecule has 33 heavy (non-hydrogen) atoms. The van der Waals surface area contributed by atoms with Gasteiger partial charge >= 0.3 is 0 Å². The van der Waals surface area contributed by atoms with E-state index in [1.165, 1.54) is 0 Å². The van der Waals surface area contributed by atoms with Crippen LogP contribution in [0.3, 0.4) is 0 Å². The largest absolute Gasteiger partial charge is 0.387 e. The molecule has 5 aliphatic rings. The molecule has 8 atom stereocenters. The Labute approximate surface area is 198 Å². The first-order valence-electron chi connectivity index (χ1n) is 12.8. The van der Waals surface area contributed by atoms with Gasteiger partial charge in [0, 0.05) is 23.7 Å². The topological polar surface area (TPSA) is 72.8 Å². The lowest BCUT2D eigenvalue weighted by molar-refractivity contribution is -0.377. The van der Waals surface area contributed by atoms with Crippen molar-refractivity contribution in [3.8, 4) is 0 Å². The van der Waals surface area contributed by atoms with Crippen molar-refractivity contribution >= 4 is 11.6 Å². The van der Waals surface area contributed by atoms with E-state index >= 15 is 0 Å². The van der Waals surface area contributed by atoms with E-state index < -0.39 is 28.5 Å². The zero-order valence-corrected chi connectivity index (χ0v) is 21.3. The van der Waals surface area contributed by atoms with Crippen molar-refractivity contribution in [1.82, 2.24) is 0 Å². The van der Waals surface area contributed by atoms with Gasteiger partial charge in [0.1, 0.15) is 17.5 Å². The lowest BCUT2D eigenvalue weighted by atomic mass is 9.51. The Morgan fingerprint density at radius 2 is 1.79 bits per heavy atom. The molecular weight excluding hydrogens is 416 g/mol. The summed E-state index contributed by atoms with van der Waals surface area (Å²) in [7, 11) is 0. The number of Topliss-reactive ketones (excluding diaryl/α,β-unsaturated/α-hetero) is 1. The maximum atomic E-state index is 13.2. The number of allylic oxidation sites excluding steroid dienone is 2. The zero-order chi connectivity index (χ0) is 24.2. The lowest BCUT2D eigenvalue weighted by Crippen LogP contribution is -2.67. The maximum Gasteiger partial charge on any atom is 0.199 e. The average Bonchev–Trinajstić information content (AvgIpc) is 3.06. The molecule has 2 bridgehead atoms. The van der Waals surface area contributed by atoms with Gasteiger partial charge < -0.3 is 19.4 Å². The third-order valence-corrected chi connectivity index (χ3v) is 10.8. The summed E-state index contributed by atoms with van der Waals surface area (Å²) in [4.78, 5) is 25.0. The second kappa shape index (κ2) is 6.89. The number of carbonyl (C=O) groups is 2. The number of ether oxygens (including phenoxy) is 2. The molecule has 0 aromatic carbocycles. The molecule has 5 heteroatoms. The number of aliphatic hydroxyl groups excluding tert-OH is 1. The summed E-state index contributed by atoms with van der Waals surface area (Å²) < 4.78 is 13.9. The average molecular weight is 457 g/mol. The Kier molecular flexibility index (Phi) is 4.89. The van der Waals surface area contributed by atoms with Crippen LogP contribution in [0.2, 0.25) is 0 Å². The van der Waals surface area contributed by atoms with Crippen LogP contribution in [-0.4, -0.2) is 39.8 Å². The van der Waals surface area contributed by atoms with E-state index in [-0.39, 0.29) is 28.8 Å². The highest BCUT2D eigenvalue weighted by Crippen LogP contribution is 2.72. The van der Waals surface area contributed by atoms with Gasteiger partial charge in [0.05, 0.1) is 11.0 Å². The third kappa shape index (κ3) is 2.70. The Bertz CT molecular complexity index is 977. The summed E-state index contributed by atoms with van der Waals surface area (Å²) in [6, 6.07) is 0. The minimum atomic E-state index is -1.05. The summed E-state index contributed by atoms with van der Waals surface area (Å²) in [5.41, 5.74) is 0.417. The number of aliphatic hydroxyl groups is 1. The highest BCUT2D eigenvalue weighted by atomic mass is 16.7. The Morgan fingerprint density at radius 3 is 2.39 bits per heavy atom. The van der Waals surface area contributed by atoms with Gasteiger partial charge in [-0.15, -0.1) is 0 Å². The molecular formula is C28H40O5. The first-order chi connectivity index (χ1) is 15.3. The van der Waals surface area contributed by atoms with Crippen LogP contribution in [0.4, 0.5) is 0 Å². The van der Waals surface area contributed by atoms with Crippen LogP contribution in [0.15, 0.2) is 23.3 Å². The van der Waals surface area contributed by atoms with Crippen LogP contribution in [0, 0.1) is 28.6 Å². The molecule has 3 aliphatic carbocycles. The molecule has 1 saturated carbocycles. The fourth-order valence-corrected chi connectivity index (χ4v) is 8.26. The molecule has 0 radical (unpaired) electrons. The molecule has 1 spiro atoms. The number of rotatable bonds is 3. The van der Waals surface area contributed by atoms with Gasteiger partial charge in [-0.2, -0.15) is 0 Å². The first kappa shape index (κ1) is 23.4. The van der Waals surface area contributed by atoms with Gasteiger partial charge in [0.15, 0.2) is 11.6 Å². The van der Waals surface area contributed by atoms with E-state index in [1.807, 2.05) is 33.8 Å². The molecule has 8 unspecified atom stereocenters. The van der Waals surface area contributed by atoms with E-state index in [2.05, 4.69) is 13.8 Å². The van der Waals surface area contributed by atoms with Crippen molar-refractivity contribution in [3.63, 3.8) is 0 Å². The van der Waals surface area contributed by atoms with Gasteiger partial charge in [-0.1, -0.05) is 32.4 Å². The summed E-state index contributed by atoms with van der Waals surface area (Å²) in [6.07, 6.45) is 7.60. The van der Waals surface area contributed by atoms with Crippen molar-refractivity contribution in [2.45, 2.75) is 110 Å². The lowest BCUT2D eigenvalue weighted by Gasteiger charge is -2.62. The molecule has 2 aliphatic heterocycles. The Balaban J connectivity index is 1.66. The number of hydrogen-bond acceptors (Lipinski definition) is 5. The second-order valence-corrected chi connectivity index (χ2v) is 12.6. The van der Waals surface area contributed by atoms with Crippen molar-refractivity contribution < 1.29 is 24.2 Å². The SMILES string of the molecule is CC(=O)CCC1(C)C(=O)C=CC2=C1CCC1(C)C3CCC21OC1(OC(C)(C)C(C)C1O)C3C. The molecule has 5 nitrogen and oxygen atoms in total. The highest BCUT2D eigenvalue weighted by Gasteiger charge is 2.75. The fourth-order valence-electron chi connectivity index (χ4n) is 8.26. The molecule has 182 valence electrons. The molecule has 2 saturated heterocycles. The van der Waals surface area contributed by atoms with E-state index in [0.29, 0.717) is 18.8 Å². The van der Waals surface area contributed by atoms with Gasteiger partial charge in [-0.3, -0.25) is 4.79 Å². The molecule has 0 aromatic rings. The van der Waals surface area contributed by atoms with Gasteiger partial charge in [0.2, 0.25) is 0 Å².